The molecule has 0 spiro atoms. The molecule has 0 fully saturated rings. The summed E-state index contributed by atoms with van der Waals surface area (Å²) in [7, 11) is 0. The molecule has 0 atom stereocenters. The summed E-state index contributed by atoms with van der Waals surface area (Å²) >= 11 is 5.93. The highest BCUT2D eigenvalue weighted by molar-refractivity contribution is 6.30. The summed E-state index contributed by atoms with van der Waals surface area (Å²) in [6, 6.07) is 12.5. The maximum Gasteiger partial charge on any atom is 0.353 e. The van der Waals surface area contributed by atoms with Gasteiger partial charge in [-0.1, -0.05) is 29.8 Å². The fourth-order valence-corrected chi connectivity index (χ4v) is 2.45. The number of rotatable bonds is 6. The third kappa shape index (κ3) is 4.22. The molecule has 1 heterocycles. The number of nitro groups is 1. The van der Waals surface area contributed by atoms with Crippen LogP contribution in [0.15, 0.2) is 54.9 Å². The summed E-state index contributed by atoms with van der Waals surface area (Å²) in [6.45, 7) is 0.245. The lowest BCUT2D eigenvalue weighted by atomic mass is 10.2. The monoisotopic (exact) mass is 373 g/mol. The van der Waals surface area contributed by atoms with E-state index in [1.54, 1.807) is 36.4 Å². The summed E-state index contributed by atoms with van der Waals surface area (Å²) in [5.41, 5.74) is 1.02. The van der Waals surface area contributed by atoms with E-state index in [4.69, 9.17) is 11.6 Å². The standard InChI is InChI=1S/C17H13ClFN5O2/c18-12-2-1-3-14(8-12)23-17-15(24(25)26)16(21-10-22-17)20-9-11-4-6-13(19)7-5-11/h1-8,10H,9H2,(H2,20,21,22,23). The van der Waals surface area contributed by atoms with Crippen molar-refractivity contribution in [2.45, 2.75) is 6.54 Å². The Morgan fingerprint density at radius 1 is 1.12 bits per heavy atom. The van der Waals surface area contributed by atoms with Crippen LogP contribution in [0.2, 0.25) is 5.02 Å². The van der Waals surface area contributed by atoms with E-state index >= 15 is 0 Å². The molecule has 7 nitrogen and oxygen atoms in total. The number of benzene rings is 2. The minimum Gasteiger partial charge on any atom is -0.360 e. The highest BCUT2D eigenvalue weighted by atomic mass is 35.5. The highest BCUT2D eigenvalue weighted by Crippen LogP contribution is 2.31. The normalized spacial score (nSPS) is 10.4. The molecular formula is C17H13ClFN5O2. The van der Waals surface area contributed by atoms with Gasteiger partial charge >= 0.3 is 5.69 Å². The summed E-state index contributed by atoms with van der Waals surface area (Å²) < 4.78 is 13.0. The fourth-order valence-electron chi connectivity index (χ4n) is 2.26. The van der Waals surface area contributed by atoms with E-state index < -0.39 is 4.92 Å². The summed E-state index contributed by atoms with van der Waals surface area (Å²) in [5.74, 6) is -0.262. The predicted octanol–water partition coefficient (Wildman–Crippen LogP) is 4.53. The van der Waals surface area contributed by atoms with Gasteiger partial charge in [-0.25, -0.2) is 14.4 Å². The number of hydrogen-bond acceptors (Lipinski definition) is 6. The van der Waals surface area contributed by atoms with Crippen LogP contribution in [0, 0.1) is 15.9 Å². The third-order valence-corrected chi connectivity index (χ3v) is 3.70. The van der Waals surface area contributed by atoms with Crippen LogP contribution in [-0.2, 0) is 6.54 Å². The molecule has 1 aromatic heterocycles. The average molecular weight is 374 g/mol. The molecule has 0 aliphatic heterocycles. The van der Waals surface area contributed by atoms with E-state index in [-0.39, 0.29) is 29.7 Å². The number of halogens is 2. The van der Waals surface area contributed by atoms with Gasteiger partial charge < -0.3 is 10.6 Å². The molecule has 3 rings (SSSR count). The Morgan fingerprint density at radius 3 is 2.54 bits per heavy atom. The van der Waals surface area contributed by atoms with Crippen molar-refractivity contribution in [2.24, 2.45) is 0 Å². The average Bonchev–Trinajstić information content (AvgIpc) is 2.61. The van der Waals surface area contributed by atoms with E-state index in [1.807, 2.05) is 0 Å². The van der Waals surface area contributed by atoms with Gasteiger partial charge in [-0.2, -0.15) is 0 Å². The maximum atomic E-state index is 13.0. The first-order valence-electron chi connectivity index (χ1n) is 7.53. The lowest BCUT2D eigenvalue weighted by Crippen LogP contribution is -2.08. The van der Waals surface area contributed by atoms with Crippen LogP contribution in [0.4, 0.5) is 27.4 Å². The van der Waals surface area contributed by atoms with Crippen molar-refractivity contribution in [2.75, 3.05) is 10.6 Å². The van der Waals surface area contributed by atoms with Crippen molar-refractivity contribution in [1.82, 2.24) is 9.97 Å². The van der Waals surface area contributed by atoms with Gasteiger partial charge in [0.2, 0.25) is 11.6 Å². The number of aromatic nitrogens is 2. The van der Waals surface area contributed by atoms with Gasteiger partial charge in [-0.05, 0) is 35.9 Å². The Hall–Kier alpha value is -3.26. The molecule has 2 aromatic carbocycles. The molecular weight excluding hydrogens is 361 g/mol. The molecule has 0 saturated heterocycles. The van der Waals surface area contributed by atoms with E-state index in [1.165, 1.54) is 18.5 Å². The van der Waals surface area contributed by atoms with Gasteiger partial charge in [0.15, 0.2) is 0 Å². The fraction of sp³-hybridized carbons (Fsp3) is 0.0588. The topological polar surface area (TPSA) is 93.0 Å². The Balaban J connectivity index is 1.85. The Morgan fingerprint density at radius 2 is 1.85 bits per heavy atom. The van der Waals surface area contributed by atoms with Crippen LogP contribution in [-0.4, -0.2) is 14.9 Å². The summed E-state index contributed by atoms with van der Waals surface area (Å²) in [6.07, 6.45) is 1.22. The van der Waals surface area contributed by atoms with Crippen LogP contribution in [0.3, 0.4) is 0 Å². The molecule has 0 bridgehead atoms. The first-order chi connectivity index (χ1) is 12.5. The molecule has 2 N–H and O–H groups in total. The Kier molecular flexibility index (Phi) is 5.23. The summed E-state index contributed by atoms with van der Waals surface area (Å²) in [5, 5.41) is 17.8. The van der Waals surface area contributed by atoms with Gasteiger partial charge in [0.05, 0.1) is 4.92 Å². The Labute approximate surface area is 153 Å². The van der Waals surface area contributed by atoms with E-state index in [0.29, 0.717) is 10.7 Å². The first-order valence-corrected chi connectivity index (χ1v) is 7.91. The van der Waals surface area contributed by atoms with E-state index in [2.05, 4.69) is 20.6 Å². The van der Waals surface area contributed by atoms with Gasteiger partial charge in [0.25, 0.3) is 0 Å². The second-order valence-electron chi connectivity index (χ2n) is 5.29. The lowest BCUT2D eigenvalue weighted by Gasteiger charge is -2.10. The minimum absolute atomic E-state index is 0.0360. The van der Waals surface area contributed by atoms with Gasteiger partial charge in [-0.15, -0.1) is 0 Å². The van der Waals surface area contributed by atoms with Crippen LogP contribution < -0.4 is 10.6 Å². The molecule has 0 aliphatic carbocycles. The molecule has 0 saturated carbocycles. The Bertz CT molecular complexity index is 937. The molecule has 132 valence electrons. The van der Waals surface area contributed by atoms with Gasteiger partial charge in [0, 0.05) is 17.3 Å². The quantitative estimate of drug-likeness (QED) is 0.487. The van der Waals surface area contributed by atoms with Crippen molar-refractivity contribution in [3.63, 3.8) is 0 Å². The lowest BCUT2D eigenvalue weighted by molar-refractivity contribution is -0.383. The van der Waals surface area contributed by atoms with Gasteiger partial charge in [0.1, 0.15) is 12.1 Å². The van der Waals surface area contributed by atoms with Crippen molar-refractivity contribution in [3.8, 4) is 0 Å². The van der Waals surface area contributed by atoms with Gasteiger partial charge in [-0.3, -0.25) is 10.1 Å². The van der Waals surface area contributed by atoms with E-state index in [9.17, 15) is 14.5 Å². The summed E-state index contributed by atoms with van der Waals surface area (Å²) in [4.78, 5) is 18.9. The molecule has 0 unspecified atom stereocenters. The second kappa shape index (κ2) is 7.75. The first kappa shape index (κ1) is 17.6. The maximum absolute atomic E-state index is 13.0. The van der Waals surface area contributed by atoms with Crippen molar-refractivity contribution < 1.29 is 9.31 Å². The third-order valence-electron chi connectivity index (χ3n) is 3.47. The number of nitrogens with one attached hydrogen (secondary N) is 2. The highest BCUT2D eigenvalue weighted by Gasteiger charge is 2.23. The zero-order chi connectivity index (χ0) is 18.5. The minimum atomic E-state index is -0.570. The number of anilines is 3. The van der Waals surface area contributed by atoms with Crippen molar-refractivity contribution in [3.05, 3.63) is 81.4 Å². The van der Waals surface area contributed by atoms with Crippen LogP contribution in [0.1, 0.15) is 5.56 Å². The molecule has 0 amide bonds. The smallest absolute Gasteiger partial charge is 0.353 e. The SMILES string of the molecule is O=[N+]([O-])c1c(NCc2ccc(F)cc2)ncnc1Nc1cccc(Cl)c1. The molecule has 3 aromatic rings. The zero-order valence-electron chi connectivity index (χ0n) is 13.3. The molecule has 0 aliphatic rings. The number of hydrogen-bond donors (Lipinski definition) is 2. The zero-order valence-corrected chi connectivity index (χ0v) is 14.1. The molecule has 26 heavy (non-hydrogen) atoms. The molecule has 0 radical (unpaired) electrons. The second-order valence-corrected chi connectivity index (χ2v) is 5.73. The van der Waals surface area contributed by atoms with Crippen LogP contribution in [0.25, 0.3) is 0 Å². The molecule has 9 heteroatoms. The van der Waals surface area contributed by atoms with Crippen molar-refractivity contribution in [1.29, 1.82) is 0 Å². The largest absolute Gasteiger partial charge is 0.360 e. The van der Waals surface area contributed by atoms with E-state index in [0.717, 1.165) is 5.56 Å². The van der Waals surface area contributed by atoms with Crippen LogP contribution >= 0.6 is 11.6 Å². The van der Waals surface area contributed by atoms with Crippen molar-refractivity contribution >= 4 is 34.6 Å². The number of nitrogens with zero attached hydrogens (tertiary/aromatic N) is 3. The van der Waals surface area contributed by atoms with Crippen LogP contribution in [0.5, 0.6) is 0 Å². The predicted molar refractivity (Wildman–Crippen MR) is 97.1 cm³/mol.